The third-order valence-corrected chi connectivity index (χ3v) is 3.06. The zero-order chi connectivity index (χ0) is 12.5. The van der Waals surface area contributed by atoms with Crippen LogP contribution in [0.25, 0.3) is 11.4 Å². The molecule has 3 heterocycles. The third-order valence-electron chi connectivity index (χ3n) is 3.06. The van der Waals surface area contributed by atoms with Gasteiger partial charge in [-0.25, -0.2) is 0 Å². The van der Waals surface area contributed by atoms with Crippen molar-refractivity contribution in [2.24, 2.45) is 0 Å². The van der Waals surface area contributed by atoms with E-state index in [1.165, 1.54) is 0 Å². The van der Waals surface area contributed by atoms with Gasteiger partial charge in [0.1, 0.15) is 0 Å². The lowest BCUT2D eigenvalue weighted by molar-refractivity contribution is -0.133. The lowest BCUT2D eigenvalue weighted by Gasteiger charge is -2.36. The number of amides is 1. The molecule has 0 aliphatic carbocycles. The van der Waals surface area contributed by atoms with Crippen LogP contribution in [-0.4, -0.2) is 39.0 Å². The second kappa shape index (κ2) is 4.21. The summed E-state index contributed by atoms with van der Waals surface area (Å²) in [6.45, 7) is 2.88. The molecule has 0 atom stereocenters. The van der Waals surface area contributed by atoms with Gasteiger partial charge in [-0.3, -0.25) is 9.78 Å². The Hall–Kier alpha value is -2.24. The maximum atomic E-state index is 11.1. The molecule has 1 saturated heterocycles. The van der Waals surface area contributed by atoms with Gasteiger partial charge in [0.25, 0.3) is 0 Å². The van der Waals surface area contributed by atoms with E-state index in [0.29, 0.717) is 24.8 Å². The molecule has 0 spiro atoms. The lowest BCUT2D eigenvalue weighted by atomic mass is 10.0. The predicted molar refractivity (Wildman–Crippen MR) is 62.5 cm³/mol. The van der Waals surface area contributed by atoms with Crippen LogP contribution in [0.4, 0.5) is 0 Å². The highest BCUT2D eigenvalue weighted by Gasteiger charge is 2.34. The van der Waals surface area contributed by atoms with Gasteiger partial charge < -0.3 is 9.42 Å². The van der Waals surface area contributed by atoms with E-state index in [4.69, 9.17) is 4.52 Å². The molecule has 0 unspecified atom stereocenters. The Balaban J connectivity index is 1.74. The number of pyridine rings is 1. The molecular formula is C12H12N4O2. The molecule has 6 heteroatoms. The summed E-state index contributed by atoms with van der Waals surface area (Å²) in [7, 11) is 0. The number of nitrogens with zero attached hydrogens (tertiary/aromatic N) is 4. The first-order valence-corrected chi connectivity index (χ1v) is 5.73. The maximum absolute atomic E-state index is 11.1. The summed E-state index contributed by atoms with van der Waals surface area (Å²) in [6, 6.07) is 3.66. The first-order valence-electron chi connectivity index (χ1n) is 5.73. The Morgan fingerprint density at radius 2 is 2.11 bits per heavy atom. The highest BCUT2D eigenvalue weighted by molar-refractivity contribution is 5.74. The van der Waals surface area contributed by atoms with Crippen LogP contribution in [0.1, 0.15) is 18.7 Å². The highest BCUT2D eigenvalue weighted by atomic mass is 16.5. The Morgan fingerprint density at radius 1 is 1.39 bits per heavy atom. The second-order valence-electron chi connectivity index (χ2n) is 4.31. The summed E-state index contributed by atoms with van der Waals surface area (Å²) in [5, 5.41) is 3.94. The summed E-state index contributed by atoms with van der Waals surface area (Å²) in [5.74, 6) is 1.41. The standard InChI is InChI=1S/C12H12N4O2/c1-8(17)16-6-10(7-16)12-14-11(15-18-12)9-2-4-13-5-3-9/h2-5,10H,6-7H2,1H3. The molecule has 1 aliphatic rings. The molecule has 1 fully saturated rings. The van der Waals surface area contributed by atoms with Gasteiger partial charge in [-0.15, -0.1) is 0 Å². The highest BCUT2D eigenvalue weighted by Crippen LogP contribution is 2.27. The summed E-state index contributed by atoms with van der Waals surface area (Å²) >= 11 is 0. The summed E-state index contributed by atoms with van der Waals surface area (Å²) in [5.41, 5.74) is 0.878. The molecule has 0 bridgehead atoms. The zero-order valence-electron chi connectivity index (χ0n) is 9.91. The van der Waals surface area contributed by atoms with Gasteiger partial charge in [-0.2, -0.15) is 4.98 Å². The van der Waals surface area contributed by atoms with E-state index in [-0.39, 0.29) is 11.8 Å². The number of hydrogen-bond acceptors (Lipinski definition) is 5. The minimum atomic E-state index is 0.0834. The molecule has 0 saturated carbocycles. The van der Waals surface area contributed by atoms with Crippen molar-refractivity contribution >= 4 is 5.91 Å². The summed E-state index contributed by atoms with van der Waals surface area (Å²) in [4.78, 5) is 21.1. The third kappa shape index (κ3) is 1.85. The van der Waals surface area contributed by atoms with E-state index < -0.39 is 0 Å². The van der Waals surface area contributed by atoms with Gasteiger partial charge in [-0.1, -0.05) is 5.16 Å². The van der Waals surface area contributed by atoms with Crippen molar-refractivity contribution in [3.05, 3.63) is 30.4 Å². The number of likely N-dealkylation sites (tertiary alicyclic amines) is 1. The maximum Gasteiger partial charge on any atom is 0.233 e. The molecule has 0 aromatic carbocycles. The van der Waals surface area contributed by atoms with Gasteiger partial charge in [-0.05, 0) is 12.1 Å². The number of carbonyl (C=O) groups is 1. The number of hydrogen-bond donors (Lipinski definition) is 0. The van der Waals surface area contributed by atoms with Gasteiger partial charge in [0.05, 0.1) is 5.92 Å². The molecular weight excluding hydrogens is 232 g/mol. The first-order chi connectivity index (χ1) is 8.74. The zero-order valence-corrected chi connectivity index (χ0v) is 9.91. The molecule has 3 rings (SSSR count). The Kier molecular flexibility index (Phi) is 2.55. The molecule has 1 aliphatic heterocycles. The smallest absolute Gasteiger partial charge is 0.233 e. The first kappa shape index (κ1) is 10.9. The van der Waals surface area contributed by atoms with Crippen molar-refractivity contribution in [1.29, 1.82) is 0 Å². The average molecular weight is 244 g/mol. The van der Waals surface area contributed by atoms with Crippen molar-refractivity contribution < 1.29 is 9.32 Å². The molecule has 1 amide bonds. The second-order valence-corrected chi connectivity index (χ2v) is 4.31. The van der Waals surface area contributed by atoms with Gasteiger partial charge >= 0.3 is 0 Å². The Labute approximate surface area is 104 Å². The normalized spacial score (nSPS) is 15.5. The lowest BCUT2D eigenvalue weighted by Crippen LogP contribution is -2.47. The predicted octanol–water partition coefficient (Wildman–Crippen LogP) is 1.08. The summed E-state index contributed by atoms with van der Waals surface area (Å²) < 4.78 is 5.23. The summed E-state index contributed by atoms with van der Waals surface area (Å²) in [6.07, 6.45) is 3.37. The fraction of sp³-hybridized carbons (Fsp3) is 0.333. The fourth-order valence-electron chi connectivity index (χ4n) is 1.91. The molecule has 18 heavy (non-hydrogen) atoms. The van der Waals surface area contributed by atoms with E-state index in [1.54, 1.807) is 24.2 Å². The molecule has 0 N–H and O–H groups in total. The van der Waals surface area contributed by atoms with Gasteiger partial charge in [0, 0.05) is 38.0 Å². The van der Waals surface area contributed by atoms with Crippen LogP contribution >= 0.6 is 0 Å². The molecule has 92 valence electrons. The fourth-order valence-corrected chi connectivity index (χ4v) is 1.91. The van der Waals surface area contributed by atoms with Crippen LogP contribution in [0.15, 0.2) is 29.0 Å². The number of carbonyl (C=O) groups excluding carboxylic acids is 1. The van der Waals surface area contributed by atoms with Crippen molar-refractivity contribution in [3.63, 3.8) is 0 Å². The van der Waals surface area contributed by atoms with Crippen molar-refractivity contribution in [3.8, 4) is 11.4 Å². The van der Waals surface area contributed by atoms with E-state index >= 15 is 0 Å². The van der Waals surface area contributed by atoms with Gasteiger partial charge in [0.2, 0.25) is 17.6 Å². The SMILES string of the molecule is CC(=O)N1CC(c2nc(-c3ccncc3)no2)C1. The van der Waals surface area contributed by atoms with Crippen molar-refractivity contribution in [2.45, 2.75) is 12.8 Å². The van der Waals surface area contributed by atoms with Gasteiger partial charge in [0.15, 0.2) is 0 Å². The molecule has 0 radical (unpaired) electrons. The van der Waals surface area contributed by atoms with Crippen LogP contribution in [0.2, 0.25) is 0 Å². The quantitative estimate of drug-likeness (QED) is 0.790. The molecule has 2 aromatic heterocycles. The van der Waals surface area contributed by atoms with Crippen molar-refractivity contribution in [2.75, 3.05) is 13.1 Å². The van der Waals surface area contributed by atoms with Crippen LogP contribution in [0.5, 0.6) is 0 Å². The van der Waals surface area contributed by atoms with E-state index in [2.05, 4.69) is 15.1 Å². The minimum Gasteiger partial charge on any atom is -0.341 e. The largest absolute Gasteiger partial charge is 0.341 e. The molecule has 6 nitrogen and oxygen atoms in total. The van der Waals surface area contributed by atoms with Crippen molar-refractivity contribution in [1.82, 2.24) is 20.0 Å². The van der Waals surface area contributed by atoms with Crippen LogP contribution in [-0.2, 0) is 4.79 Å². The molecule has 2 aromatic rings. The minimum absolute atomic E-state index is 0.0834. The number of rotatable bonds is 2. The van der Waals surface area contributed by atoms with E-state index in [0.717, 1.165) is 5.56 Å². The topological polar surface area (TPSA) is 72.1 Å². The monoisotopic (exact) mass is 244 g/mol. The van der Waals surface area contributed by atoms with Crippen LogP contribution < -0.4 is 0 Å². The number of aromatic nitrogens is 3. The Bertz CT molecular complexity index is 560. The average Bonchev–Trinajstić information content (AvgIpc) is 2.77. The van der Waals surface area contributed by atoms with E-state index in [1.807, 2.05) is 12.1 Å². The Morgan fingerprint density at radius 3 is 2.78 bits per heavy atom. The van der Waals surface area contributed by atoms with Crippen LogP contribution in [0.3, 0.4) is 0 Å². The van der Waals surface area contributed by atoms with Crippen LogP contribution in [0, 0.1) is 0 Å². The van der Waals surface area contributed by atoms with E-state index in [9.17, 15) is 4.79 Å².